The lowest BCUT2D eigenvalue weighted by atomic mass is 9.98. The second-order valence-corrected chi connectivity index (χ2v) is 8.38. The second-order valence-electron chi connectivity index (χ2n) is 7.49. The Bertz CT molecular complexity index is 799. The highest BCUT2D eigenvalue weighted by Crippen LogP contribution is 2.40. The summed E-state index contributed by atoms with van der Waals surface area (Å²) in [6.07, 6.45) is -0.794. The monoisotopic (exact) mass is 410 g/mol. The van der Waals surface area contributed by atoms with Gasteiger partial charge in [0, 0.05) is 28.4 Å². The molecule has 0 aliphatic rings. The van der Waals surface area contributed by atoms with Crippen molar-refractivity contribution in [3.63, 3.8) is 0 Å². The first kappa shape index (κ1) is 22.6. The summed E-state index contributed by atoms with van der Waals surface area (Å²) in [6.45, 7) is 8.67. The number of ether oxygens (including phenoxy) is 1. The molecule has 7 heteroatoms. The summed E-state index contributed by atoms with van der Waals surface area (Å²) in [5.74, 6) is 0. The van der Waals surface area contributed by atoms with E-state index in [-0.39, 0.29) is 6.61 Å². The normalized spacial score (nSPS) is 14.0. The minimum atomic E-state index is -2.74. The molecule has 0 saturated heterocycles. The maximum absolute atomic E-state index is 13.9. The van der Waals surface area contributed by atoms with Crippen molar-refractivity contribution >= 4 is 22.7 Å². The average molecular weight is 411 g/mol. The molecule has 2 aromatic rings. The van der Waals surface area contributed by atoms with E-state index in [2.05, 4.69) is 9.98 Å². The minimum absolute atomic E-state index is 0.202. The van der Waals surface area contributed by atoms with Crippen molar-refractivity contribution < 1.29 is 18.6 Å². The molecule has 0 bridgehead atoms. The summed E-state index contributed by atoms with van der Waals surface area (Å²) in [5, 5.41) is 12.6. The standard InChI is InChI=1S/C21H28F2N2O2S/c1-6-7-13(2)25-17-14(3)15(20-24-10-11-28-20)8-9-16(17)18(19(22)23)27-12-21(4,5)26/h8-11,18-19,26H,6-7,12H2,1-5H3/b25-13-. The number of halogens is 2. The topological polar surface area (TPSA) is 54.7 Å². The van der Waals surface area contributed by atoms with E-state index in [1.807, 2.05) is 26.2 Å². The Kier molecular flexibility index (Phi) is 7.80. The van der Waals surface area contributed by atoms with Gasteiger partial charge in [0.2, 0.25) is 0 Å². The Hall–Kier alpha value is -1.70. The van der Waals surface area contributed by atoms with E-state index in [4.69, 9.17) is 4.74 Å². The van der Waals surface area contributed by atoms with Crippen LogP contribution in [0.2, 0.25) is 0 Å². The van der Waals surface area contributed by atoms with E-state index in [0.717, 1.165) is 34.7 Å². The van der Waals surface area contributed by atoms with Crippen molar-refractivity contribution in [3.8, 4) is 10.6 Å². The highest BCUT2D eigenvalue weighted by atomic mass is 32.1. The lowest BCUT2D eigenvalue weighted by molar-refractivity contribution is -0.105. The molecule has 4 nitrogen and oxygen atoms in total. The van der Waals surface area contributed by atoms with Crippen LogP contribution >= 0.6 is 11.3 Å². The van der Waals surface area contributed by atoms with Gasteiger partial charge >= 0.3 is 0 Å². The zero-order chi connectivity index (χ0) is 20.9. The highest BCUT2D eigenvalue weighted by molar-refractivity contribution is 7.13. The molecule has 0 amide bonds. The molecular formula is C21H28F2N2O2S. The predicted octanol–water partition coefficient (Wildman–Crippen LogP) is 6.10. The first-order valence-electron chi connectivity index (χ1n) is 9.33. The van der Waals surface area contributed by atoms with E-state index >= 15 is 0 Å². The van der Waals surface area contributed by atoms with Crippen LogP contribution in [-0.4, -0.2) is 34.4 Å². The molecule has 1 atom stereocenters. The van der Waals surface area contributed by atoms with Gasteiger partial charge in [-0.05, 0) is 39.7 Å². The van der Waals surface area contributed by atoms with E-state index in [1.165, 1.54) is 25.2 Å². The molecule has 154 valence electrons. The van der Waals surface area contributed by atoms with Crippen LogP contribution in [0.1, 0.15) is 57.8 Å². The fourth-order valence-electron chi connectivity index (χ4n) is 2.89. The van der Waals surface area contributed by atoms with E-state index in [0.29, 0.717) is 11.3 Å². The van der Waals surface area contributed by atoms with Crippen LogP contribution in [0.5, 0.6) is 0 Å². The molecule has 0 saturated carbocycles. The quantitative estimate of drug-likeness (QED) is 0.508. The molecule has 0 aliphatic carbocycles. The summed E-state index contributed by atoms with van der Waals surface area (Å²) >= 11 is 1.49. The average Bonchev–Trinajstić information content (AvgIpc) is 3.11. The number of benzene rings is 1. The summed E-state index contributed by atoms with van der Waals surface area (Å²) in [7, 11) is 0. The first-order valence-corrected chi connectivity index (χ1v) is 10.2. The maximum Gasteiger partial charge on any atom is 0.268 e. The van der Waals surface area contributed by atoms with Crippen molar-refractivity contribution in [2.24, 2.45) is 4.99 Å². The van der Waals surface area contributed by atoms with Crippen molar-refractivity contribution in [1.29, 1.82) is 0 Å². The van der Waals surface area contributed by atoms with Gasteiger partial charge in [-0.3, -0.25) is 4.99 Å². The van der Waals surface area contributed by atoms with Crippen LogP contribution in [-0.2, 0) is 4.74 Å². The lowest BCUT2D eigenvalue weighted by Gasteiger charge is -2.25. The number of aliphatic hydroxyl groups is 1. The van der Waals surface area contributed by atoms with Crippen LogP contribution in [0.3, 0.4) is 0 Å². The van der Waals surface area contributed by atoms with Crippen LogP contribution in [0.25, 0.3) is 10.6 Å². The molecule has 1 heterocycles. The Morgan fingerprint density at radius 3 is 2.61 bits per heavy atom. The van der Waals surface area contributed by atoms with Gasteiger partial charge in [-0.15, -0.1) is 11.3 Å². The highest BCUT2D eigenvalue weighted by Gasteiger charge is 2.29. The fourth-order valence-corrected chi connectivity index (χ4v) is 3.61. The molecule has 0 fully saturated rings. The molecule has 1 aromatic carbocycles. The SMILES string of the molecule is CCC/C(C)=N\c1c(C(OCC(C)(C)O)C(F)F)ccc(-c2nccs2)c1C. The van der Waals surface area contributed by atoms with Crippen LogP contribution in [0, 0.1) is 6.92 Å². The lowest BCUT2D eigenvalue weighted by Crippen LogP contribution is -2.29. The largest absolute Gasteiger partial charge is 0.388 e. The first-order chi connectivity index (χ1) is 13.1. The van der Waals surface area contributed by atoms with Crippen LogP contribution < -0.4 is 0 Å². The van der Waals surface area contributed by atoms with Gasteiger partial charge in [0.05, 0.1) is 17.9 Å². The number of thiazole rings is 1. The minimum Gasteiger partial charge on any atom is -0.388 e. The number of nitrogens with zero attached hydrogens (tertiary/aromatic N) is 2. The van der Waals surface area contributed by atoms with Crippen molar-refractivity contribution in [1.82, 2.24) is 4.98 Å². The Morgan fingerprint density at radius 1 is 1.36 bits per heavy atom. The van der Waals surface area contributed by atoms with Gasteiger partial charge in [0.1, 0.15) is 11.1 Å². The number of hydrogen-bond donors (Lipinski definition) is 1. The molecule has 1 N–H and O–H groups in total. The number of alkyl halides is 2. The van der Waals surface area contributed by atoms with Crippen LogP contribution in [0.4, 0.5) is 14.5 Å². The van der Waals surface area contributed by atoms with Gasteiger partial charge in [0.25, 0.3) is 6.43 Å². The Balaban J connectivity index is 2.57. The number of aromatic nitrogens is 1. The van der Waals surface area contributed by atoms with Gasteiger partial charge in [-0.25, -0.2) is 13.8 Å². The summed E-state index contributed by atoms with van der Waals surface area (Å²) in [4.78, 5) is 9.02. The van der Waals surface area contributed by atoms with E-state index < -0.39 is 18.1 Å². The van der Waals surface area contributed by atoms with Gasteiger partial charge in [-0.2, -0.15) is 0 Å². The van der Waals surface area contributed by atoms with Crippen molar-refractivity contribution in [2.75, 3.05) is 6.61 Å². The van der Waals surface area contributed by atoms with Crippen molar-refractivity contribution in [3.05, 3.63) is 34.8 Å². The molecule has 0 spiro atoms. The third-order valence-electron chi connectivity index (χ3n) is 4.19. The van der Waals surface area contributed by atoms with Gasteiger partial charge in [-0.1, -0.05) is 25.5 Å². The number of rotatable bonds is 9. The molecule has 0 radical (unpaired) electrons. The Labute approximate surface area is 169 Å². The van der Waals surface area contributed by atoms with Crippen molar-refractivity contribution in [2.45, 2.75) is 65.6 Å². The molecular weight excluding hydrogens is 382 g/mol. The number of hydrogen-bond acceptors (Lipinski definition) is 5. The maximum atomic E-state index is 13.9. The molecule has 1 aromatic heterocycles. The number of aliphatic imine (C=N–C) groups is 1. The third-order valence-corrected chi connectivity index (χ3v) is 5.00. The predicted molar refractivity (Wildman–Crippen MR) is 111 cm³/mol. The summed E-state index contributed by atoms with van der Waals surface area (Å²) in [5.41, 5.74) is 2.16. The van der Waals surface area contributed by atoms with Gasteiger partial charge < -0.3 is 9.84 Å². The zero-order valence-corrected chi connectivity index (χ0v) is 17.8. The van der Waals surface area contributed by atoms with Gasteiger partial charge in [0.15, 0.2) is 0 Å². The fraction of sp³-hybridized carbons (Fsp3) is 0.524. The van der Waals surface area contributed by atoms with Crippen LogP contribution in [0.15, 0.2) is 28.7 Å². The van der Waals surface area contributed by atoms with E-state index in [9.17, 15) is 13.9 Å². The molecule has 28 heavy (non-hydrogen) atoms. The smallest absolute Gasteiger partial charge is 0.268 e. The summed E-state index contributed by atoms with van der Waals surface area (Å²) < 4.78 is 33.2. The zero-order valence-electron chi connectivity index (χ0n) is 17.0. The molecule has 1 unspecified atom stereocenters. The molecule has 0 aliphatic heterocycles. The summed E-state index contributed by atoms with van der Waals surface area (Å²) in [6, 6.07) is 3.43. The Morgan fingerprint density at radius 2 is 2.07 bits per heavy atom. The second kappa shape index (κ2) is 9.67. The molecule has 2 rings (SSSR count). The third kappa shape index (κ3) is 5.90. The van der Waals surface area contributed by atoms with E-state index in [1.54, 1.807) is 18.3 Å².